The lowest BCUT2D eigenvalue weighted by atomic mass is 10.1. The van der Waals surface area contributed by atoms with Crippen LogP contribution in [0.25, 0.3) is 44.1 Å². The second kappa shape index (κ2) is 40.3. The third-order valence-corrected chi connectivity index (χ3v) is 19.3. The zero-order valence-corrected chi connectivity index (χ0v) is 72.0. The number of aliphatic hydroxyl groups is 4. The van der Waals surface area contributed by atoms with Gasteiger partial charge in [-0.15, -0.1) is 0 Å². The van der Waals surface area contributed by atoms with Crippen molar-refractivity contribution in [1.82, 2.24) is 68.8 Å². The summed E-state index contributed by atoms with van der Waals surface area (Å²) in [5.41, 5.74) is 43.3. The summed E-state index contributed by atoms with van der Waals surface area (Å²) in [5.74, 6) is 28.7. The maximum atomic E-state index is 10.1. The van der Waals surface area contributed by atoms with Crippen LogP contribution in [0.4, 0.5) is 0 Å². The number of aryl methyl sites for hydroxylation is 4. The SMILES string of the molecule is C.CCn1c(C2=NCN=C2N)nc2c(C#CC(C)(C)O)nc(OCCNC)cc21.CCn1c(C2=NCN=C2N)nc2c(C#CC(C)(C)O)nc(OC[C@@H](N)c3ccccc3)cc21.CCn1c(C2=NCN=C2N)nc2c(C#CC(C)(C)O)nc(OC[C@H](N)c3ccccc3)cc21.CCn1c(C2=NCN=C2N)nc2c(C#CC(C)(C)O)ncc(OC[C@@H]3CCCN3)c21. The highest BCUT2D eigenvalue weighted by molar-refractivity contribution is 6.49. The Hall–Kier alpha value is -13.4. The largest absolute Gasteiger partial charge is 0.488 e. The lowest BCUT2D eigenvalue weighted by molar-refractivity contribution is 0.143. The summed E-state index contributed by atoms with van der Waals surface area (Å²) in [6.07, 6.45) is 3.92. The van der Waals surface area contributed by atoms with Gasteiger partial charge in [0.05, 0.1) is 34.8 Å². The second-order valence-electron chi connectivity index (χ2n) is 31.1. The van der Waals surface area contributed by atoms with Gasteiger partial charge in [-0.25, -0.2) is 59.8 Å². The number of pyridine rings is 4. The average molecular weight is 1700 g/mol. The number of aromatic nitrogens is 12. The van der Waals surface area contributed by atoms with Gasteiger partial charge in [-0.1, -0.05) is 91.8 Å². The van der Waals surface area contributed by atoms with Gasteiger partial charge in [0.1, 0.15) is 172 Å². The summed E-state index contributed by atoms with van der Waals surface area (Å²) < 4.78 is 31.8. The van der Waals surface area contributed by atoms with Crippen molar-refractivity contribution in [2.45, 2.75) is 170 Å². The highest BCUT2D eigenvalue weighted by atomic mass is 16.5. The third kappa shape index (κ3) is 22.9. The fourth-order valence-corrected chi connectivity index (χ4v) is 13.3. The van der Waals surface area contributed by atoms with Crippen molar-refractivity contribution >= 4 is 90.3 Å². The van der Waals surface area contributed by atoms with Gasteiger partial charge < -0.3 is 103 Å². The van der Waals surface area contributed by atoms with Gasteiger partial charge in [0.15, 0.2) is 29.0 Å². The molecule has 5 aliphatic heterocycles. The van der Waals surface area contributed by atoms with E-state index < -0.39 is 22.4 Å². The average Bonchev–Trinajstić information content (AvgIpc) is 1.62. The van der Waals surface area contributed by atoms with Gasteiger partial charge in [0, 0.05) is 57.0 Å². The number of nitrogens with two attached hydrogens (primary N) is 6. The van der Waals surface area contributed by atoms with Crippen molar-refractivity contribution < 1.29 is 39.4 Å². The summed E-state index contributed by atoms with van der Waals surface area (Å²) in [6.45, 7) is 27.8. The van der Waals surface area contributed by atoms with Crippen LogP contribution in [0.5, 0.6) is 23.4 Å². The third-order valence-electron chi connectivity index (χ3n) is 19.3. The minimum absolute atomic E-state index is 0. The second-order valence-corrected chi connectivity index (χ2v) is 31.1. The molecule has 18 N–H and O–H groups in total. The molecule has 15 rings (SSSR count). The number of amidine groups is 4. The van der Waals surface area contributed by atoms with Gasteiger partial charge in [-0.05, 0) is 144 Å². The number of rotatable bonds is 23. The summed E-state index contributed by atoms with van der Waals surface area (Å²) in [4.78, 5) is 71.2. The van der Waals surface area contributed by atoms with E-state index in [9.17, 15) is 20.4 Å². The molecule has 1 saturated heterocycles. The van der Waals surface area contributed by atoms with Crippen LogP contribution >= 0.6 is 0 Å². The van der Waals surface area contributed by atoms with Gasteiger partial charge in [0.25, 0.3) is 0 Å². The molecule has 0 amide bonds. The van der Waals surface area contributed by atoms with E-state index in [1.54, 1.807) is 61.6 Å². The van der Waals surface area contributed by atoms with Crippen LogP contribution < -0.4 is 64.0 Å². The summed E-state index contributed by atoms with van der Waals surface area (Å²) >= 11 is 0. The molecular formula is C89H110N28O8. The Morgan fingerprint density at radius 2 is 0.808 bits per heavy atom. The Kier molecular flexibility index (Phi) is 29.8. The Morgan fingerprint density at radius 3 is 1.13 bits per heavy atom. The van der Waals surface area contributed by atoms with Crippen LogP contribution in [0.1, 0.15) is 173 Å². The highest BCUT2D eigenvalue weighted by Gasteiger charge is 2.30. The number of likely N-dealkylation sites (N-methyl/N-ethyl adjacent to an activating group) is 1. The summed E-state index contributed by atoms with van der Waals surface area (Å²) in [6, 6.07) is 24.6. The van der Waals surface area contributed by atoms with E-state index in [-0.39, 0.29) is 46.1 Å². The first-order chi connectivity index (χ1) is 59.2. The van der Waals surface area contributed by atoms with Gasteiger partial charge in [0.2, 0.25) is 17.6 Å². The quantitative estimate of drug-likeness (QED) is 0.0286. The van der Waals surface area contributed by atoms with Crippen molar-refractivity contribution in [3.8, 4) is 70.8 Å². The standard InChI is InChI=1S/2C24H27N7O2.C21H27N7O2.C19H25N7O2.CH4/c2*1-4-31-18-12-19(33-13-16(25)15-8-6-5-7-9-15)29-17(10-11-24(2,3)32)20(18)30-23(31)21-22(26)28-14-27-21;1-4-28-18-15(30-11-13-6-5-9-23-13)10-24-14(7-8-21(2,3)29)16(18)27-20(28)17-19(22)26-12-25-17;1-5-26-13-10-14(28-9-8-21-4)24-12(6-7-19(2,3)27)15(13)25-18(26)16-17(20)23-11-22-16;/h2*5-9,12,16,32H,4,13-14,25H2,1-3H3,(H2,26,28);10,13,23,29H,4-6,9,11-12H2,1-3H3,(H2,22,26);10,21,27H,5,8-9,11H2,1-4H3,(H2,20,23);1H4/t2*16-;13-;;/m100../s1. The first-order valence-electron chi connectivity index (χ1n) is 40.8. The summed E-state index contributed by atoms with van der Waals surface area (Å²) in [5, 5.41) is 46.7. The molecule has 36 nitrogen and oxygen atoms in total. The fraction of sp³-hybridized carbons (Fsp3) is 0.416. The molecule has 13 heterocycles. The molecule has 654 valence electrons. The van der Waals surface area contributed by atoms with E-state index in [0.29, 0.717) is 203 Å². The van der Waals surface area contributed by atoms with Crippen LogP contribution in [0, 0.1) is 47.4 Å². The van der Waals surface area contributed by atoms with Crippen LogP contribution in [-0.4, -0.2) is 226 Å². The number of hydrogen-bond donors (Lipinski definition) is 12. The van der Waals surface area contributed by atoms with Crippen molar-refractivity contribution in [2.75, 3.05) is 73.2 Å². The minimum atomic E-state index is -1.19. The number of benzene rings is 2. The number of fused-ring (bicyclic) bond motifs is 4. The molecular weight excluding hydrogens is 1590 g/mol. The number of imidazole rings is 4. The predicted molar refractivity (Wildman–Crippen MR) is 488 cm³/mol. The van der Waals surface area contributed by atoms with Crippen molar-refractivity contribution in [3.63, 3.8) is 0 Å². The normalized spacial score (nSPS) is 15.3. The first-order valence-corrected chi connectivity index (χ1v) is 40.8. The minimum Gasteiger partial charge on any atom is -0.488 e. The zero-order chi connectivity index (χ0) is 88.8. The van der Waals surface area contributed by atoms with E-state index in [0.717, 1.165) is 52.6 Å². The number of hydrogen-bond acceptors (Lipinski definition) is 32. The summed E-state index contributed by atoms with van der Waals surface area (Å²) in [7, 11) is 1.85. The molecule has 0 unspecified atom stereocenters. The number of aliphatic imine (C=N–C) groups is 8. The lowest BCUT2D eigenvalue weighted by Crippen LogP contribution is -2.28. The molecule has 8 aromatic heterocycles. The molecule has 0 bridgehead atoms. The molecule has 5 aliphatic rings. The van der Waals surface area contributed by atoms with Crippen LogP contribution in [0.3, 0.4) is 0 Å². The molecule has 2 aromatic carbocycles. The molecule has 3 atom stereocenters. The van der Waals surface area contributed by atoms with Crippen LogP contribution in [-0.2, 0) is 26.2 Å². The molecule has 0 saturated carbocycles. The number of ether oxygens (including phenoxy) is 4. The zero-order valence-electron chi connectivity index (χ0n) is 72.0. The fourth-order valence-electron chi connectivity index (χ4n) is 13.3. The van der Waals surface area contributed by atoms with Crippen LogP contribution in [0.15, 0.2) is 125 Å². The topological polar surface area (TPSA) is 520 Å². The van der Waals surface area contributed by atoms with Crippen molar-refractivity contribution in [1.29, 1.82) is 0 Å². The van der Waals surface area contributed by atoms with E-state index in [4.69, 9.17) is 73.3 Å². The Morgan fingerprint density at radius 1 is 0.464 bits per heavy atom. The molecule has 0 radical (unpaired) electrons. The Bertz CT molecular complexity index is 5950. The van der Waals surface area contributed by atoms with E-state index in [2.05, 4.69) is 118 Å². The predicted octanol–water partition coefficient (Wildman–Crippen LogP) is 5.29. The van der Waals surface area contributed by atoms with Crippen molar-refractivity contribution in [3.05, 3.63) is 142 Å². The van der Waals surface area contributed by atoms with E-state index in [1.165, 1.54) is 0 Å². The number of nitrogens with one attached hydrogen (secondary N) is 2. The molecule has 36 heteroatoms. The van der Waals surface area contributed by atoms with E-state index >= 15 is 0 Å². The van der Waals surface area contributed by atoms with E-state index in [1.807, 2.05) is 132 Å². The molecule has 125 heavy (non-hydrogen) atoms. The molecule has 0 aliphatic carbocycles. The Balaban J connectivity index is 0.000000162. The molecule has 0 spiro atoms. The number of nitrogens with zero attached hydrogens (tertiary/aromatic N) is 20. The monoisotopic (exact) mass is 1700 g/mol. The maximum Gasteiger partial charge on any atom is 0.216 e. The smallest absolute Gasteiger partial charge is 0.216 e. The molecule has 1 fully saturated rings. The maximum absolute atomic E-state index is 10.1. The van der Waals surface area contributed by atoms with Gasteiger partial charge >= 0.3 is 0 Å². The Labute approximate surface area is 725 Å². The van der Waals surface area contributed by atoms with Gasteiger partial charge in [-0.3, -0.25) is 20.0 Å². The van der Waals surface area contributed by atoms with Crippen molar-refractivity contribution in [2.24, 2.45) is 74.3 Å². The lowest BCUT2D eigenvalue weighted by Gasteiger charge is -2.14. The van der Waals surface area contributed by atoms with Gasteiger partial charge in [-0.2, -0.15) is 0 Å². The first kappa shape index (κ1) is 92.3. The highest BCUT2D eigenvalue weighted by Crippen LogP contribution is 2.33. The molecule has 10 aromatic rings. The van der Waals surface area contributed by atoms with Crippen LogP contribution in [0.2, 0.25) is 0 Å².